The number of anilines is 1. The van der Waals surface area contributed by atoms with Gasteiger partial charge in [0.05, 0.1) is 24.1 Å². The average molecular weight is 546 g/mol. The molecule has 1 saturated heterocycles. The number of nitrogens with zero attached hydrogens (tertiary/aromatic N) is 5. The number of ether oxygens (including phenoxy) is 1. The highest BCUT2D eigenvalue weighted by molar-refractivity contribution is 5.98. The molecule has 0 spiro atoms. The lowest BCUT2D eigenvalue weighted by Gasteiger charge is -2.32. The highest BCUT2D eigenvalue weighted by Gasteiger charge is 2.28. The molecular weight excluding hydrogens is 513 g/mol. The predicted molar refractivity (Wildman–Crippen MR) is 151 cm³/mol. The second-order valence-electron chi connectivity index (χ2n) is 9.27. The van der Waals surface area contributed by atoms with E-state index in [9.17, 15) is 14.0 Å². The van der Waals surface area contributed by atoms with Crippen molar-refractivity contribution in [3.8, 4) is 17.0 Å². The van der Waals surface area contributed by atoms with Gasteiger partial charge in [-0.3, -0.25) is 9.59 Å². The third-order valence-electron chi connectivity index (χ3n) is 6.69. The molecule has 2 aromatic heterocycles. The summed E-state index contributed by atoms with van der Waals surface area (Å²) >= 11 is 0. The minimum absolute atomic E-state index is 0.0179. The Morgan fingerprint density at radius 1 is 1.25 bits per heavy atom. The van der Waals surface area contributed by atoms with Gasteiger partial charge in [0, 0.05) is 25.2 Å². The van der Waals surface area contributed by atoms with Crippen LogP contribution in [0.5, 0.6) is 5.75 Å². The number of carbonyl (C=O) groups is 2. The molecule has 2 aromatic carbocycles. The Balaban J connectivity index is 0.000000283. The molecule has 3 N–H and O–H groups in total. The van der Waals surface area contributed by atoms with Crippen LogP contribution in [0.4, 0.5) is 10.2 Å². The van der Waals surface area contributed by atoms with E-state index in [0.29, 0.717) is 30.0 Å². The number of hydrogen-bond donors (Lipinski definition) is 2. The van der Waals surface area contributed by atoms with Gasteiger partial charge in [-0.25, -0.2) is 19.0 Å². The number of aromatic nitrogens is 4. The van der Waals surface area contributed by atoms with Crippen LogP contribution >= 0.6 is 0 Å². The Bertz CT molecular complexity index is 1500. The summed E-state index contributed by atoms with van der Waals surface area (Å²) in [5.74, 6) is 0.306. The second kappa shape index (κ2) is 12.9. The molecular formula is C29H32FN7O3. The van der Waals surface area contributed by atoms with Gasteiger partial charge in [0.2, 0.25) is 5.91 Å². The molecule has 40 heavy (non-hydrogen) atoms. The lowest BCUT2D eigenvalue weighted by molar-refractivity contribution is -0.127. The van der Waals surface area contributed by atoms with Gasteiger partial charge in [-0.2, -0.15) is 5.10 Å². The summed E-state index contributed by atoms with van der Waals surface area (Å²) in [6.07, 6.45) is 5.10. The Morgan fingerprint density at radius 2 is 2.02 bits per heavy atom. The topological polar surface area (TPSA) is 128 Å². The van der Waals surface area contributed by atoms with E-state index in [1.165, 1.54) is 43.3 Å². The van der Waals surface area contributed by atoms with Crippen LogP contribution in [0.25, 0.3) is 22.3 Å². The second-order valence-corrected chi connectivity index (χ2v) is 9.27. The van der Waals surface area contributed by atoms with E-state index < -0.39 is 5.82 Å². The molecule has 0 aliphatic carbocycles. The van der Waals surface area contributed by atoms with Crippen LogP contribution < -0.4 is 15.8 Å². The molecule has 1 unspecified atom stereocenters. The summed E-state index contributed by atoms with van der Waals surface area (Å²) in [7, 11) is 3.38. The number of carbonyl (C=O) groups excluding carboxylic acids is 2. The van der Waals surface area contributed by atoms with Crippen LogP contribution in [0.15, 0.2) is 61.4 Å². The number of rotatable bonds is 7. The molecule has 1 fully saturated rings. The van der Waals surface area contributed by atoms with Gasteiger partial charge in [0.25, 0.3) is 0 Å². The molecule has 3 heterocycles. The maximum Gasteiger partial charge on any atom is 0.246 e. The summed E-state index contributed by atoms with van der Waals surface area (Å²) in [4.78, 5) is 32.8. The quantitative estimate of drug-likeness (QED) is 0.265. The Labute approximate surface area is 231 Å². The molecule has 0 saturated carbocycles. The summed E-state index contributed by atoms with van der Waals surface area (Å²) in [6.45, 7) is 5.71. The van der Waals surface area contributed by atoms with Crippen molar-refractivity contribution >= 4 is 29.0 Å². The third kappa shape index (κ3) is 6.15. The van der Waals surface area contributed by atoms with Crippen molar-refractivity contribution in [3.63, 3.8) is 0 Å². The summed E-state index contributed by atoms with van der Waals surface area (Å²) < 4.78 is 19.3. The third-order valence-corrected chi connectivity index (χ3v) is 6.69. The van der Waals surface area contributed by atoms with Gasteiger partial charge in [-0.05, 0) is 49.7 Å². The number of methoxy groups -OCH3 is 1. The molecule has 5 rings (SSSR count). The van der Waals surface area contributed by atoms with E-state index in [4.69, 9.17) is 15.6 Å². The molecule has 1 atom stereocenters. The molecule has 10 nitrogen and oxygen atoms in total. The molecule has 208 valence electrons. The molecule has 0 bridgehead atoms. The zero-order valence-electron chi connectivity index (χ0n) is 22.5. The van der Waals surface area contributed by atoms with Crippen molar-refractivity contribution in [3.05, 3.63) is 78.4 Å². The molecule has 11 heteroatoms. The largest absolute Gasteiger partial charge is 0.497 e. The molecule has 0 radical (unpaired) electrons. The molecule has 1 aliphatic heterocycles. The van der Waals surface area contributed by atoms with Crippen molar-refractivity contribution in [2.24, 2.45) is 0 Å². The minimum atomic E-state index is -0.527. The highest BCUT2D eigenvalue weighted by atomic mass is 19.1. The van der Waals surface area contributed by atoms with E-state index in [1.807, 2.05) is 28.8 Å². The number of amides is 1. The molecule has 1 amide bonds. The maximum atomic E-state index is 12.6. The monoisotopic (exact) mass is 545 g/mol. The van der Waals surface area contributed by atoms with Gasteiger partial charge < -0.3 is 20.7 Å². The van der Waals surface area contributed by atoms with Crippen molar-refractivity contribution in [2.75, 3.05) is 33.0 Å². The number of likely N-dealkylation sites (tertiary alicyclic amines) is 1. The average Bonchev–Trinajstić information content (AvgIpc) is 3.39. The lowest BCUT2D eigenvalue weighted by atomic mass is 10.1. The van der Waals surface area contributed by atoms with Crippen molar-refractivity contribution in [2.45, 2.75) is 25.4 Å². The van der Waals surface area contributed by atoms with E-state index in [1.54, 1.807) is 0 Å². The van der Waals surface area contributed by atoms with E-state index in [0.717, 1.165) is 42.6 Å². The number of nitrogens with one attached hydrogen (secondary N) is 1. The number of fused-ring (bicyclic) bond motifs is 1. The molecule has 1 aliphatic rings. The number of nitrogen functional groups attached to an aromatic ring is 1. The van der Waals surface area contributed by atoms with Crippen LogP contribution in [-0.2, 0) is 11.3 Å². The standard InChI is InChI=1S/C21H25N7O.C8H7FO2/c1-3-17(29)27-10-4-5-16(12-27)28-21-18(20(22)24-13-25-21)19(26-28)15-8-6-14(7-9-15)11-23-2;1-11-7-2-3-8(9)6(4-7)5-10/h3,6-9,13,16,23H,1,4-5,10-12H2,2H3,(H2,22,24,25);2-5H,1H3. The predicted octanol–water partition coefficient (Wildman–Crippen LogP) is 3.79. The highest BCUT2D eigenvalue weighted by Crippen LogP contribution is 2.33. The fourth-order valence-electron chi connectivity index (χ4n) is 4.66. The zero-order chi connectivity index (χ0) is 28.6. The van der Waals surface area contributed by atoms with Crippen molar-refractivity contribution < 1.29 is 18.7 Å². The van der Waals surface area contributed by atoms with E-state index in [2.05, 4.69) is 34.0 Å². The van der Waals surface area contributed by atoms with Gasteiger partial charge in [-0.1, -0.05) is 30.8 Å². The van der Waals surface area contributed by atoms with Crippen LogP contribution in [0.1, 0.15) is 34.8 Å². The number of benzene rings is 2. The van der Waals surface area contributed by atoms with E-state index >= 15 is 0 Å². The van der Waals surface area contributed by atoms with Crippen molar-refractivity contribution in [1.29, 1.82) is 0 Å². The maximum absolute atomic E-state index is 12.6. The number of piperidine rings is 1. The lowest BCUT2D eigenvalue weighted by Crippen LogP contribution is -2.40. The Hall–Kier alpha value is -4.64. The summed E-state index contributed by atoms with van der Waals surface area (Å²) in [5, 5.41) is 8.79. The van der Waals surface area contributed by atoms with Crippen LogP contribution in [-0.4, -0.2) is 64.1 Å². The smallest absolute Gasteiger partial charge is 0.246 e. The van der Waals surface area contributed by atoms with Gasteiger partial charge >= 0.3 is 0 Å². The Morgan fingerprint density at radius 3 is 2.70 bits per heavy atom. The minimum Gasteiger partial charge on any atom is -0.497 e. The van der Waals surface area contributed by atoms with Gasteiger partial charge in [0.1, 0.15) is 29.4 Å². The number of hydrogen-bond acceptors (Lipinski definition) is 8. The molecule has 4 aromatic rings. The van der Waals surface area contributed by atoms with Crippen LogP contribution in [0.2, 0.25) is 0 Å². The van der Waals surface area contributed by atoms with Gasteiger partial charge in [0.15, 0.2) is 11.9 Å². The zero-order valence-corrected chi connectivity index (χ0v) is 22.5. The summed E-state index contributed by atoms with van der Waals surface area (Å²) in [6, 6.07) is 12.3. The first-order chi connectivity index (χ1) is 19.4. The number of halogens is 1. The first kappa shape index (κ1) is 28.4. The first-order valence-electron chi connectivity index (χ1n) is 12.8. The normalized spacial score (nSPS) is 14.8. The van der Waals surface area contributed by atoms with Crippen molar-refractivity contribution in [1.82, 2.24) is 30.0 Å². The fraction of sp³-hybridized carbons (Fsp3) is 0.276. The fourth-order valence-corrected chi connectivity index (χ4v) is 4.66. The van der Waals surface area contributed by atoms with E-state index in [-0.39, 0.29) is 17.5 Å². The first-order valence-corrected chi connectivity index (χ1v) is 12.8. The van der Waals surface area contributed by atoms with Crippen LogP contribution in [0, 0.1) is 5.82 Å². The van der Waals surface area contributed by atoms with Crippen LogP contribution in [0.3, 0.4) is 0 Å². The SMILES string of the molecule is C=CC(=O)N1CCCC(n2nc(-c3ccc(CNC)cc3)c3c(N)ncnc32)C1.COc1ccc(F)c(C=O)c1. The Kier molecular flexibility index (Phi) is 9.18. The number of aldehydes is 1. The summed E-state index contributed by atoms with van der Waals surface area (Å²) in [5.41, 5.74) is 9.85. The number of nitrogens with two attached hydrogens (primary N) is 1. The van der Waals surface area contributed by atoms with Gasteiger partial charge in [-0.15, -0.1) is 0 Å².